The molecule has 1 aromatic heterocycles. The molecule has 0 spiro atoms. The molecule has 4 amide bonds. The molecule has 44 heavy (non-hydrogen) atoms. The molecular weight excluding hydrogens is 1050 g/mol. The van der Waals surface area contributed by atoms with Crippen LogP contribution in [0.2, 0.25) is 5.02 Å². The van der Waals surface area contributed by atoms with E-state index >= 15 is 0 Å². The fraction of sp³-hybridized carbons (Fsp3) is 0.548. The number of anilines is 1. The molecule has 3 fully saturated rings. The van der Waals surface area contributed by atoms with Crippen LogP contribution in [-0.4, -0.2) is 98.2 Å². The van der Waals surface area contributed by atoms with Crippen LogP contribution in [0.5, 0.6) is 0 Å². The van der Waals surface area contributed by atoms with Crippen molar-refractivity contribution in [3.63, 3.8) is 0 Å². The maximum atomic E-state index is 12.5. The first-order valence-electron chi connectivity index (χ1n) is 14.9. The second-order valence-corrected chi connectivity index (χ2v) is 17.1. The van der Waals surface area contributed by atoms with Gasteiger partial charge in [-0.15, -0.1) is 11.3 Å². The molecule has 13 heteroatoms. The fourth-order valence-corrected chi connectivity index (χ4v) is 10.4. The zero-order valence-corrected chi connectivity index (χ0v) is 35.0. The summed E-state index contributed by atoms with van der Waals surface area (Å²) in [7, 11) is 0. The van der Waals surface area contributed by atoms with E-state index in [1.165, 1.54) is 32.8 Å². The zero-order chi connectivity index (χ0) is 30.3. The maximum absolute atomic E-state index is 12.5. The van der Waals surface area contributed by atoms with Gasteiger partial charge in [-0.3, -0.25) is 5.32 Å². The second-order valence-electron chi connectivity index (χ2n) is 11.4. The molecule has 8 nitrogen and oxygen atoms in total. The third-order valence-corrected chi connectivity index (χ3v) is 14.4. The summed E-state index contributed by atoms with van der Waals surface area (Å²) in [5.41, 5.74) is 3.47. The van der Waals surface area contributed by atoms with E-state index in [0.717, 1.165) is 64.2 Å². The summed E-state index contributed by atoms with van der Waals surface area (Å²) in [6.07, 6.45) is 8.84. The van der Waals surface area contributed by atoms with E-state index in [9.17, 15) is 14.4 Å². The Labute approximate surface area is 318 Å². The summed E-state index contributed by atoms with van der Waals surface area (Å²) in [6.45, 7) is 7.93. The number of halogens is 3. The van der Waals surface area contributed by atoms with Crippen LogP contribution in [0.4, 0.5) is 9.80 Å². The van der Waals surface area contributed by atoms with E-state index in [4.69, 9.17) is 11.6 Å². The number of benzene rings is 1. The van der Waals surface area contributed by atoms with E-state index in [1.54, 1.807) is 16.2 Å². The number of carbonyl (C=O) groups excluding carboxylic acids is 3. The molecule has 5 heterocycles. The van der Waals surface area contributed by atoms with Crippen molar-refractivity contribution < 1.29 is 66.7 Å². The molecule has 238 valence electrons. The Bertz CT molecular complexity index is 1260. The Hall–Kier alpha value is -0.238. The van der Waals surface area contributed by atoms with Gasteiger partial charge in [-0.2, -0.15) is 6.41 Å². The van der Waals surface area contributed by atoms with Gasteiger partial charge in [0, 0.05) is 15.2 Å². The van der Waals surface area contributed by atoms with E-state index in [1.807, 2.05) is 34.1 Å². The Morgan fingerprint density at radius 2 is 1.82 bits per heavy atom. The van der Waals surface area contributed by atoms with Crippen molar-refractivity contribution in [1.82, 2.24) is 19.6 Å². The predicted octanol–water partition coefficient (Wildman–Crippen LogP) is 2.02. The molecule has 0 atom stereocenters. The van der Waals surface area contributed by atoms with Gasteiger partial charge >= 0.3 is 163 Å². The Balaban J connectivity index is 0.000000206. The number of piperazine rings is 1. The van der Waals surface area contributed by atoms with Gasteiger partial charge in [0.2, 0.25) is 0 Å². The van der Waals surface area contributed by atoms with Crippen LogP contribution < -0.4 is 26.5 Å². The van der Waals surface area contributed by atoms with Crippen molar-refractivity contribution in [2.45, 2.75) is 57.7 Å². The quantitative estimate of drug-likeness (QED) is 0.274. The van der Waals surface area contributed by atoms with Gasteiger partial charge in [0.1, 0.15) is 5.00 Å². The third kappa shape index (κ3) is 9.66. The van der Waals surface area contributed by atoms with Gasteiger partial charge < -0.3 is 14.6 Å². The normalized spacial score (nSPS) is 19.9. The van der Waals surface area contributed by atoms with Crippen LogP contribution >= 0.6 is 45.5 Å². The van der Waals surface area contributed by atoms with E-state index in [-0.39, 0.29) is 49.1 Å². The average Bonchev–Trinajstić information content (AvgIpc) is 3.50. The predicted molar refractivity (Wildman–Crippen MR) is 177 cm³/mol. The van der Waals surface area contributed by atoms with Gasteiger partial charge in [0.25, 0.3) is 0 Å². The first-order valence-corrected chi connectivity index (χ1v) is 20.3. The first-order chi connectivity index (χ1) is 20.8. The van der Waals surface area contributed by atoms with Gasteiger partial charge in [-0.1, -0.05) is 11.6 Å². The molecule has 4 aliphatic heterocycles. The molecule has 0 radical (unpaired) electrons. The van der Waals surface area contributed by atoms with Crippen LogP contribution in [0.15, 0.2) is 23.6 Å². The first kappa shape index (κ1) is 36.6. The minimum Gasteiger partial charge on any atom is -0.520 e. The standard InChI is InChI=1S/C19H25ClI2N2O.C12H14N3O2S.U/c1-14-12-15(13-17(20)19(14)21)2-3-18(25)24-10-8-23(9-11-24)16-4-6-22-7-5-16;16-8-14-4-1-10(2-5-14)15-7-9-3-6-18-11(9)13-12(15)17;/h3,12-13,16H,2,4-11H2,1H3;3,6,10H,1-2,4-5,7H2,(H,13,17);/q-2;-1;+2. The van der Waals surface area contributed by atoms with E-state index < -0.39 is 0 Å². The number of alkyl halides is 2. The third-order valence-electron chi connectivity index (χ3n) is 8.68. The summed E-state index contributed by atoms with van der Waals surface area (Å²) in [5.74, 6) is 0.168. The van der Waals surface area contributed by atoms with Crippen LogP contribution in [0.3, 0.4) is 0 Å². The molecule has 2 aromatic rings. The molecule has 1 N–H and O–H groups in total. The Morgan fingerprint density at radius 3 is 2.48 bits per heavy atom. The number of hydrogen-bond donors (Lipinski definition) is 1. The molecule has 3 saturated heterocycles. The van der Waals surface area contributed by atoms with Crippen LogP contribution in [-0.2, 0) is 22.6 Å². The van der Waals surface area contributed by atoms with Crippen molar-refractivity contribution in [3.8, 4) is 0 Å². The zero-order valence-electron chi connectivity index (χ0n) is 25.0. The van der Waals surface area contributed by atoms with Crippen molar-refractivity contribution >= 4 is 68.9 Å². The number of nitrogens with zero attached hydrogens (tertiary/aromatic N) is 4. The average molecular weight is 1090 g/mol. The topological polar surface area (TPSA) is 76.2 Å². The van der Waals surface area contributed by atoms with Crippen molar-refractivity contribution in [3.05, 3.63) is 55.3 Å². The van der Waals surface area contributed by atoms with Crippen molar-refractivity contribution in [2.75, 3.05) is 53.4 Å². The van der Waals surface area contributed by atoms with Crippen LogP contribution in [0, 0.1) is 48.0 Å². The van der Waals surface area contributed by atoms with Crippen LogP contribution in [0.25, 0.3) is 0 Å². The number of nitrogens with one attached hydrogen (secondary N) is 1. The Morgan fingerprint density at radius 1 is 1.11 bits per heavy atom. The molecule has 0 aliphatic carbocycles. The summed E-state index contributed by atoms with van der Waals surface area (Å²) in [5, 5.41) is 6.67. The molecule has 0 saturated carbocycles. The number of rotatable bonds is 6. The number of thiophene rings is 1. The molecule has 1 aromatic carbocycles. The Kier molecular flexibility index (Phi) is 14.8. The summed E-state index contributed by atoms with van der Waals surface area (Å²) in [6, 6.07) is 7.15. The number of amides is 4. The number of aryl methyl sites for hydroxylation is 1. The van der Waals surface area contributed by atoms with Gasteiger partial charge in [-0.25, -0.2) is 4.79 Å². The molecule has 0 unspecified atom stereocenters. The van der Waals surface area contributed by atoms with Gasteiger partial charge in [-0.05, 0) is 72.5 Å². The minimum atomic E-state index is -0.0153. The number of likely N-dealkylation sites (tertiary alicyclic amines) is 1. The number of hydrogen-bond acceptors (Lipinski definition) is 5. The van der Waals surface area contributed by atoms with E-state index in [2.05, 4.69) is 51.9 Å². The molecule has 6 rings (SSSR count). The number of carbonyl (C=O) groups is 2. The summed E-state index contributed by atoms with van der Waals surface area (Å²) >= 11 is 10.6. The second kappa shape index (κ2) is 17.8. The SMILES string of the molecule is Cc1cc(C[CH-]C(=O)N2CCN(C3CC[I-]CC3)CC2)cc(Cl)c1I.O=[C-]N1CCC(N2Cc3ccsc3NC2=O)CC1.[U+2]. The van der Waals surface area contributed by atoms with Crippen molar-refractivity contribution in [2.24, 2.45) is 0 Å². The molecular formula is C31H39ClI2N5O3SU-. The monoisotopic (exact) mass is 1090 g/mol. The number of piperidine rings is 1. The summed E-state index contributed by atoms with van der Waals surface area (Å²) in [4.78, 5) is 43.3. The molecule has 0 bridgehead atoms. The minimum absolute atomic E-state index is 0. The van der Waals surface area contributed by atoms with E-state index in [0.29, 0.717) is 47.3 Å². The van der Waals surface area contributed by atoms with Crippen molar-refractivity contribution in [1.29, 1.82) is 0 Å². The number of urea groups is 1. The smallest absolute Gasteiger partial charge is 0.520 e. The number of fused-ring (bicyclic) bond motifs is 1. The summed E-state index contributed by atoms with van der Waals surface area (Å²) < 4.78 is 4.05. The van der Waals surface area contributed by atoms with Gasteiger partial charge in [0.05, 0.1) is 11.6 Å². The fourth-order valence-electron chi connectivity index (χ4n) is 6.13. The van der Waals surface area contributed by atoms with Gasteiger partial charge in [0.15, 0.2) is 0 Å². The molecule has 4 aliphatic rings. The van der Waals surface area contributed by atoms with Crippen LogP contribution in [0.1, 0.15) is 42.4 Å².